The van der Waals surface area contributed by atoms with Crippen molar-refractivity contribution in [3.05, 3.63) is 0 Å². The van der Waals surface area contributed by atoms with Gasteiger partial charge in [0, 0.05) is 0 Å². The number of carboxylic acids is 2. The van der Waals surface area contributed by atoms with Crippen molar-refractivity contribution in [1.82, 2.24) is 0 Å². The Hall–Kier alpha value is -1.06. The molecule has 0 aromatic carbocycles. The van der Waals surface area contributed by atoms with Gasteiger partial charge in [0.25, 0.3) is 0 Å². The number of carbonyl (C=O) groups is 2. The largest absolute Gasteiger partial charge is 0.481 e. The van der Waals surface area contributed by atoms with E-state index in [0.29, 0.717) is 6.42 Å². The molecule has 1 rings (SSSR count). The van der Waals surface area contributed by atoms with E-state index >= 15 is 0 Å². The van der Waals surface area contributed by atoms with Crippen molar-refractivity contribution in [1.29, 1.82) is 0 Å². The summed E-state index contributed by atoms with van der Waals surface area (Å²) in [5, 5.41) is 17.8. The molecule has 80 valence electrons. The molecule has 0 heterocycles. The molecule has 1 saturated carbocycles. The number of hydrogen-bond donors (Lipinski definition) is 2. The topological polar surface area (TPSA) is 74.6 Å². The second-order valence-corrected chi connectivity index (χ2v) is 4.21. The molecule has 4 heteroatoms. The lowest BCUT2D eigenvalue weighted by Crippen LogP contribution is -2.30. The Morgan fingerprint density at radius 2 is 1.86 bits per heavy atom. The van der Waals surface area contributed by atoms with Crippen molar-refractivity contribution >= 4 is 11.9 Å². The van der Waals surface area contributed by atoms with Crippen LogP contribution in [-0.4, -0.2) is 22.2 Å². The average molecular weight is 200 g/mol. The van der Waals surface area contributed by atoms with Crippen molar-refractivity contribution in [2.75, 3.05) is 0 Å². The van der Waals surface area contributed by atoms with Gasteiger partial charge in [-0.15, -0.1) is 0 Å². The van der Waals surface area contributed by atoms with Gasteiger partial charge in [-0.1, -0.05) is 13.8 Å². The van der Waals surface area contributed by atoms with Crippen LogP contribution >= 0.6 is 0 Å². The molecule has 0 saturated heterocycles. The van der Waals surface area contributed by atoms with E-state index in [0.717, 1.165) is 6.42 Å². The normalized spacial score (nSPS) is 34.0. The fourth-order valence-corrected chi connectivity index (χ4v) is 2.41. The van der Waals surface area contributed by atoms with Crippen LogP contribution in [0.5, 0.6) is 0 Å². The average Bonchev–Trinajstić information content (AvgIpc) is 2.45. The van der Waals surface area contributed by atoms with E-state index in [2.05, 4.69) is 0 Å². The monoisotopic (exact) mass is 200 g/mol. The summed E-state index contributed by atoms with van der Waals surface area (Å²) in [6.07, 6.45) is 1.53. The molecule has 2 N–H and O–H groups in total. The number of carboxylic acid groups (broad SMARTS) is 2. The highest BCUT2D eigenvalue weighted by Gasteiger charge is 2.43. The van der Waals surface area contributed by atoms with Gasteiger partial charge >= 0.3 is 11.9 Å². The Morgan fingerprint density at radius 1 is 1.29 bits per heavy atom. The van der Waals surface area contributed by atoms with Crippen molar-refractivity contribution in [3.8, 4) is 0 Å². The highest BCUT2D eigenvalue weighted by Crippen LogP contribution is 2.41. The van der Waals surface area contributed by atoms with Gasteiger partial charge in [-0.05, 0) is 24.7 Å². The van der Waals surface area contributed by atoms with E-state index in [1.807, 2.05) is 6.92 Å². The Kier molecular flexibility index (Phi) is 3.13. The van der Waals surface area contributed by atoms with E-state index in [9.17, 15) is 9.59 Å². The molecule has 0 aromatic rings. The number of hydrogen-bond acceptors (Lipinski definition) is 2. The van der Waals surface area contributed by atoms with Crippen molar-refractivity contribution in [3.63, 3.8) is 0 Å². The lowest BCUT2D eigenvalue weighted by molar-refractivity contribution is -0.148. The second-order valence-electron chi connectivity index (χ2n) is 4.21. The molecule has 1 aliphatic rings. The van der Waals surface area contributed by atoms with Gasteiger partial charge in [-0.25, -0.2) is 0 Å². The van der Waals surface area contributed by atoms with Gasteiger partial charge in [0.2, 0.25) is 0 Å². The maximum Gasteiger partial charge on any atom is 0.307 e. The van der Waals surface area contributed by atoms with Crippen LogP contribution in [0.15, 0.2) is 0 Å². The van der Waals surface area contributed by atoms with Gasteiger partial charge in [0.1, 0.15) is 0 Å². The van der Waals surface area contributed by atoms with E-state index in [4.69, 9.17) is 10.2 Å². The minimum Gasteiger partial charge on any atom is -0.481 e. The van der Waals surface area contributed by atoms with Crippen molar-refractivity contribution in [2.45, 2.75) is 26.7 Å². The number of aliphatic carboxylic acids is 2. The zero-order chi connectivity index (χ0) is 10.9. The van der Waals surface area contributed by atoms with Crippen LogP contribution in [-0.2, 0) is 9.59 Å². The SMILES string of the molecule is C[C@H]1CC[C@H]([C@@H](C)C(=O)O)[C@@H]1C(=O)O. The molecular weight excluding hydrogens is 184 g/mol. The molecule has 0 aromatic heterocycles. The van der Waals surface area contributed by atoms with Crippen molar-refractivity contribution < 1.29 is 19.8 Å². The predicted molar refractivity (Wildman–Crippen MR) is 49.8 cm³/mol. The van der Waals surface area contributed by atoms with Crippen LogP contribution in [0, 0.1) is 23.7 Å². The van der Waals surface area contributed by atoms with Crippen LogP contribution in [0.25, 0.3) is 0 Å². The highest BCUT2D eigenvalue weighted by atomic mass is 16.4. The zero-order valence-electron chi connectivity index (χ0n) is 8.43. The molecule has 0 radical (unpaired) electrons. The lowest BCUT2D eigenvalue weighted by atomic mass is 9.82. The zero-order valence-corrected chi connectivity index (χ0v) is 8.43. The summed E-state index contributed by atoms with van der Waals surface area (Å²) >= 11 is 0. The van der Waals surface area contributed by atoms with Gasteiger partial charge in [-0.2, -0.15) is 0 Å². The molecule has 14 heavy (non-hydrogen) atoms. The third-order valence-electron chi connectivity index (χ3n) is 3.35. The summed E-state index contributed by atoms with van der Waals surface area (Å²) in [5.41, 5.74) is 0. The maximum absolute atomic E-state index is 11.0. The Balaban J connectivity index is 2.79. The first-order valence-corrected chi connectivity index (χ1v) is 4.90. The van der Waals surface area contributed by atoms with E-state index in [1.165, 1.54) is 0 Å². The summed E-state index contributed by atoms with van der Waals surface area (Å²) in [4.78, 5) is 21.7. The van der Waals surface area contributed by atoms with Gasteiger partial charge in [0.15, 0.2) is 0 Å². The van der Waals surface area contributed by atoms with Crippen LogP contribution in [0.1, 0.15) is 26.7 Å². The summed E-state index contributed by atoms with van der Waals surface area (Å²) in [7, 11) is 0. The van der Waals surface area contributed by atoms with E-state index in [-0.39, 0.29) is 11.8 Å². The van der Waals surface area contributed by atoms with Gasteiger partial charge in [0.05, 0.1) is 11.8 Å². The summed E-state index contributed by atoms with van der Waals surface area (Å²) in [6, 6.07) is 0. The molecule has 0 spiro atoms. The first kappa shape index (κ1) is 11.0. The lowest BCUT2D eigenvalue weighted by Gasteiger charge is -2.21. The van der Waals surface area contributed by atoms with E-state index in [1.54, 1.807) is 6.92 Å². The molecule has 0 unspecified atom stereocenters. The standard InChI is InChI=1S/C10H16O4/c1-5-3-4-7(6(2)9(11)12)8(5)10(13)14/h5-8H,3-4H2,1-2H3,(H,11,12)(H,13,14)/t5-,6+,7+,8+/m0/s1. The Bertz CT molecular complexity index is 249. The number of rotatable bonds is 3. The fourth-order valence-electron chi connectivity index (χ4n) is 2.41. The van der Waals surface area contributed by atoms with Gasteiger partial charge < -0.3 is 10.2 Å². The third kappa shape index (κ3) is 1.89. The summed E-state index contributed by atoms with van der Waals surface area (Å²) < 4.78 is 0. The molecule has 4 atom stereocenters. The quantitative estimate of drug-likeness (QED) is 0.723. The van der Waals surface area contributed by atoms with Crippen LogP contribution in [0.2, 0.25) is 0 Å². The van der Waals surface area contributed by atoms with E-state index < -0.39 is 23.8 Å². The molecule has 0 aliphatic heterocycles. The molecule has 0 amide bonds. The van der Waals surface area contributed by atoms with Crippen LogP contribution in [0.3, 0.4) is 0 Å². The molecular formula is C10H16O4. The molecule has 4 nitrogen and oxygen atoms in total. The van der Waals surface area contributed by atoms with Crippen LogP contribution < -0.4 is 0 Å². The Morgan fingerprint density at radius 3 is 2.29 bits per heavy atom. The summed E-state index contributed by atoms with van der Waals surface area (Å²) in [5.74, 6) is -2.90. The molecule has 1 fully saturated rings. The predicted octanol–water partition coefficient (Wildman–Crippen LogP) is 1.45. The Labute approximate surface area is 82.9 Å². The first-order chi connectivity index (χ1) is 6.45. The minimum absolute atomic E-state index is 0.0966. The molecule has 0 bridgehead atoms. The third-order valence-corrected chi connectivity index (χ3v) is 3.35. The first-order valence-electron chi connectivity index (χ1n) is 4.90. The maximum atomic E-state index is 11.0. The van der Waals surface area contributed by atoms with Crippen LogP contribution in [0.4, 0.5) is 0 Å². The highest BCUT2D eigenvalue weighted by molar-refractivity contribution is 5.75. The fraction of sp³-hybridized carbons (Fsp3) is 0.800. The molecule has 1 aliphatic carbocycles. The minimum atomic E-state index is -0.893. The smallest absolute Gasteiger partial charge is 0.307 e. The van der Waals surface area contributed by atoms with Gasteiger partial charge in [-0.3, -0.25) is 9.59 Å². The van der Waals surface area contributed by atoms with Crippen molar-refractivity contribution in [2.24, 2.45) is 23.7 Å². The second kappa shape index (κ2) is 3.98. The summed E-state index contributed by atoms with van der Waals surface area (Å²) in [6.45, 7) is 3.48.